The van der Waals surface area contributed by atoms with Crippen LogP contribution in [-0.2, 0) is 16.2 Å². The minimum Gasteiger partial charge on any atom is -0.272 e. The van der Waals surface area contributed by atoms with Crippen molar-refractivity contribution in [1.82, 2.24) is 14.5 Å². The Balaban J connectivity index is 1.95. The monoisotopic (exact) mass is 295 g/mol. The maximum absolute atomic E-state index is 12.7. The summed E-state index contributed by atoms with van der Waals surface area (Å²) in [5.41, 5.74) is -1.28. The van der Waals surface area contributed by atoms with Gasteiger partial charge in [-0.3, -0.25) is 5.10 Å². The SMILES string of the molecule is O=S(=O)(c1cn[nH]c1C(F)(F)F)N1CCC2(CC2)C1. The van der Waals surface area contributed by atoms with E-state index in [2.05, 4.69) is 5.10 Å². The van der Waals surface area contributed by atoms with E-state index in [0.717, 1.165) is 29.8 Å². The highest BCUT2D eigenvalue weighted by molar-refractivity contribution is 7.89. The highest BCUT2D eigenvalue weighted by Crippen LogP contribution is 2.53. The molecule has 1 aliphatic heterocycles. The number of aromatic amines is 1. The first-order valence-electron chi connectivity index (χ1n) is 5.85. The van der Waals surface area contributed by atoms with Gasteiger partial charge in [-0.15, -0.1) is 0 Å². The summed E-state index contributed by atoms with van der Waals surface area (Å²) >= 11 is 0. The van der Waals surface area contributed by atoms with E-state index < -0.39 is 26.8 Å². The van der Waals surface area contributed by atoms with Crippen molar-refractivity contribution in [3.63, 3.8) is 0 Å². The average Bonchev–Trinajstić information content (AvgIpc) is 2.77. The van der Waals surface area contributed by atoms with Gasteiger partial charge in [-0.25, -0.2) is 8.42 Å². The van der Waals surface area contributed by atoms with Crippen LogP contribution in [0.4, 0.5) is 13.2 Å². The number of hydrogen-bond acceptors (Lipinski definition) is 3. The quantitative estimate of drug-likeness (QED) is 0.901. The lowest BCUT2D eigenvalue weighted by Gasteiger charge is -2.16. The van der Waals surface area contributed by atoms with Crippen LogP contribution >= 0.6 is 0 Å². The fraction of sp³-hybridized carbons (Fsp3) is 0.700. The third-order valence-corrected chi connectivity index (χ3v) is 5.72. The molecule has 1 aromatic heterocycles. The molecule has 1 aliphatic carbocycles. The van der Waals surface area contributed by atoms with Crippen molar-refractivity contribution in [2.75, 3.05) is 13.1 Å². The van der Waals surface area contributed by atoms with E-state index in [-0.39, 0.29) is 12.0 Å². The molecule has 5 nitrogen and oxygen atoms in total. The van der Waals surface area contributed by atoms with Crippen LogP contribution in [0.15, 0.2) is 11.1 Å². The Morgan fingerprint density at radius 3 is 2.53 bits per heavy atom. The largest absolute Gasteiger partial charge is 0.434 e. The first-order chi connectivity index (χ1) is 8.75. The van der Waals surface area contributed by atoms with Gasteiger partial charge in [0.2, 0.25) is 10.0 Å². The van der Waals surface area contributed by atoms with Crippen molar-refractivity contribution >= 4 is 10.0 Å². The van der Waals surface area contributed by atoms with Crippen LogP contribution in [0.5, 0.6) is 0 Å². The van der Waals surface area contributed by atoms with Crippen LogP contribution < -0.4 is 0 Å². The molecule has 19 heavy (non-hydrogen) atoms. The molecule has 1 saturated heterocycles. The van der Waals surface area contributed by atoms with Crippen molar-refractivity contribution in [3.05, 3.63) is 11.9 Å². The van der Waals surface area contributed by atoms with Gasteiger partial charge in [0.25, 0.3) is 0 Å². The zero-order valence-electron chi connectivity index (χ0n) is 9.87. The van der Waals surface area contributed by atoms with Crippen molar-refractivity contribution in [1.29, 1.82) is 0 Å². The highest BCUT2D eigenvalue weighted by atomic mass is 32.2. The van der Waals surface area contributed by atoms with E-state index in [9.17, 15) is 21.6 Å². The van der Waals surface area contributed by atoms with Crippen LogP contribution in [0.1, 0.15) is 25.0 Å². The van der Waals surface area contributed by atoms with Crippen molar-refractivity contribution in [2.45, 2.75) is 30.3 Å². The van der Waals surface area contributed by atoms with Gasteiger partial charge in [-0.05, 0) is 24.7 Å². The number of nitrogens with one attached hydrogen (secondary N) is 1. The molecule has 2 aliphatic rings. The molecule has 1 spiro atoms. The molecule has 1 saturated carbocycles. The van der Waals surface area contributed by atoms with Crippen molar-refractivity contribution in [2.24, 2.45) is 5.41 Å². The Morgan fingerprint density at radius 2 is 2.00 bits per heavy atom. The van der Waals surface area contributed by atoms with E-state index >= 15 is 0 Å². The third kappa shape index (κ3) is 2.04. The Hall–Kier alpha value is -1.09. The van der Waals surface area contributed by atoms with E-state index in [1.165, 1.54) is 0 Å². The molecular formula is C10H12F3N3O2S. The lowest BCUT2D eigenvalue weighted by atomic mass is 10.1. The number of nitrogens with zero attached hydrogens (tertiary/aromatic N) is 2. The third-order valence-electron chi connectivity index (χ3n) is 3.87. The van der Waals surface area contributed by atoms with Crippen LogP contribution in [0.3, 0.4) is 0 Å². The van der Waals surface area contributed by atoms with Gasteiger partial charge in [0.05, 0.1) is 6.20 Å². The standard InChI is InChI=1S/C10H12F3N3O2S/c11-10(12,13)8-7(5-14-15-8)19(17,18)16-4-3-9(6-16)1-2-9/h5H,1-4,6H2,(H,14,15). The summed E-state index contributed by atoms with van der Waals surface area (Å²) in [6.07, 6.45) is -1.38. The van der Waals surface area contributed by atoms with Crippen LogP contribution in [-0.4, -0.2) is 36.0 Å². The Morgan fingerprint density at radius 1 is 1.32 bits per heavy atom. The molecule has 1 N–H and O–H groups in total. The predicted molar refractivity (Wildman–Crippen MR) is 58.6 cm³/mol. The van der Waals surface area contributed by atoms with E-state index in [1.807, 2.05) is 0 Å². The molecule has 2 fully saturated rings. The minimum absolute atomic E-state index is 0.0230. The number of rotatable bonds is 2. The molecule has 1 aromatic rings. The van der Waals surface area contributed by atoms with E-state index in [4.69, 9.17) is 0 Å². The Kier molecular flexibility index (Phi) is 2.53. The first-order valence-corrected chi connectivity index (χ1v) is 7.29. The smallest absolute Gasteiger partial charge is 0.272 e. The molecule has 0 radical (unpaired) electrons. The van der Waals surface area contributed by atoms with Gasteiger partial charge in [-0.1, -0.05) is 0 Å². The molecule has 0 bridgehead atoms. The molecule has 2 heterocycles. The van der Waals surface area contributed by atoms with Crippen LogP contribution in [0, 0.1) is 5.41 Å². The van der Waals surface area contributed by atoms with Crippen molar-refractivity contribution in [3.8, 4) is 0 Å². The maximum Gasteiger partial charge on any atom is 0.434 e. The number of aromatic nitrogens is 2. The lowest BCUT2D eigenvalue weighted by molar-refractivity contribution is -0.143. The molecule has 0 amide bonds. The number of sulfonamides is 1. The second-order valence-electron chi connectivity index (χ2n) is 5.20. The summed E-state index contributed by atoms with van der Waals surface area (Å²) in [7, 11) is -4.12. The minimum atomic E-state index is -4.75. The van der Waals surface area contributed by atoms with Gasteiger partial charge in [0.15, 0.2) is 5.69 Å². The second-order valence-corrected chi connectivity index (χ2v) is 7.10. The first kappa shape index (κ1) is 12.9. The molecule has 106 valence electrons. The molecule has 9 heteroatoms. The number of hydrogen-bond donors (Lipinski definition) is 1. The Bertz CT molecular complexity index is 604. The fourth-order valence-electron chi connectivity index (χ4n) is 2.50. The fourth-order valence-corrected chi connectivity index (χ4v) is 4.16. The zero-order valence-corrected chi connectivity index (χ0v) is 10.7. The summed E-state index contributed by atoms with van der Waals surface area (Å²) in [6.45, 7) is 0.600. The predicted octanol–water partition coefficient (Wildman–Crippen LogP) is 1.60. The normalized spacial score (nSPS) is 23.1. The zero-order chi connectivity index (χ0) is 13.9. The van der Waals surface area contributed by atoms with Gasteiger partial charge < -0.3 is 0 Å². The molecular weight excluding hydrogens is 283 g/mol. The molecule has 0 unspecified atom stereocenters. The van der Waals surface area contributed by atoms with Crippen LogP contribution in [0.2, 0.25) is 0 Å². The summed E-state index contributed by atoms with van der Waals surface area (Å²) in [4.78, 5) is -0.780. The Labute approximate surface area is 107 Å². The molecule has 0 aromatic carbocycles. The molecule has 3 rings (SSSR count). The van der Waals surface area contributed by atoms with Gasteiger partial charge in [-0.2, -0.15) is 22.6 Å². The highest BCUT2D eigenvalue weighted by Gasteiger charge is 2.52. The maximum atomic E-state index is 12.7. The van der Waals surface area contributed by atoms with E-state index in [1.54, 1.807) is 5.10 Å². The number of alkyl halides is 3. The van der Waals surface area contributed by atoms with E-state index in [0.29, 0.717) is 6.54 Å². The topological polar surface area (TPSA) is 66.1 Å². The summed E-state index contributed by atoms with van der Waals surface area (Å²) in [6, 6.07) is 0. The summed E-state index contributed by atoms with van der Waals surface area (Å²) in [5, 5.41) is 4.96. The van der Waals surface area contributed by atoms with Gasteiger partial charge >= 0.3 is 6.18 Å². The van der Waals surface area contributed by atoms with Gasteiger partial charge in [0, 0.05) is 13.1 Å². The van der Waals surface area contributed by atoms with Crippen molar-refractivity contribution < 1.29 is 21.6 Å². The molecule has 0 atom stereocenters. The number of halogens is 3. The van der Waals surface area contributed by atoms with Crippen LogP contribution in [0.25, 0.3) is 0 Å². The average molecular weight is 295 g/mol. The second kappa shape index (κ2) is 3.72. The summed E-state index contributed by atoms with van der Waals surface area (Å²) < 4.78 is 63.8. The lowest BCUT2D eigenvalue weighted by Crippen LogP contribution is -2.30. The number of H-pyrrole nitrogens is 1. The summed E-state index contributed by atoms with van der Waals surface area (Å²) in [5.74, 6) is 0. The van der Waals surface area contributed by atoms with Gasteiger partial charge in [0.1, 0.15) is 4.90 Å².